The van der Waals surface area contributed by atoms with Crippen LogP contribution in [0.25, 0.3) is 0 Å². The lowest BCUT2D eigenvalue weighted by Crippen LogP contribution is -2.47. The van der Waals surface area contributed by atoms with Crippen LogP contribution >= 0.6 is 0 Å². The van der Waals surface area contributed by atoms with E-state index in [0.29, 0.717) is 0 Å². The van der Waals surface area contributed by atoms with Gasteiger partial charge in [0.15, 0.2) is 0 Å². The van der Waals surface area contributed by atoms with E-state index in [2.05, 4.69) is 0 Å². The second-order valence-corrected chi connectivity index (χ2v) is 6.07. The summed E-state index contributed by atoms with van der Waals surface area (Å²) in [7, 11) is 0. The fourth-order valence-corrected chi connectivity index (χ4v) is 2.14. The van der Waals surface area contributed by atoms with Crippen LogP contribution in [0, 0.1) is 0 Å². The summed E-state index contributed by atoms with van der Waals surface area (Å²) in [5, 5.41) is 18.2. The number of hydrogen-bond donors (Lipinski definition) is 3. The molecular weight excluding hydrogens is 368 g/mol. The zero-order chi connectivity index (χ0) is 20.0. The molecule has 10 heteroatoms. The third-order valence-electron chi connectivity index (χ3n) is 3.75. The first-order chi connectivity index (χ1) is 11.9. The minimum Gasteiger partial charge on any atom is -0.493 e. The minimum atomic E-state index is -4.75. The molecule has 26 heavy (non-hydrogen) atoms. The third-order valence-corrected chi connectivity index (χ3v) is 3.75. The lowest BCUT2D eigenvalue weighted by atomic mass is 9.93. The standard InChI is InChI=1S/C16H21F6NO3/c17-15(18,19)5-1-7-26-13-3-2-11(8-12(13)16(20,21)22)4-6-14(23,9-24)10-25/h2-3,8,24-25H,1,4-7,9-10,23H2. The summed E-state index contributed by atoms with van der Waals surface area (Å²) in [5.41, 5.74) is 3.51. The molecule has 0 heterocycles. The van der Waals surface area contributed by atoms with E-state index in [1.165, 1.54) is 6.07 Å². The van der Waals surface area contributed by atoms with Gasteiger partial charge in [-0.05, 0) is 37.0 Å². The predicted octanol–water partition coefficient (Wildman–Crippen LogP) is 3.04. The van der Waals surface area contributed by atoms with Crippen molar-refractivity contribution in [1.29, 1.82) is 0 Å². The summed E-state index contributed by atoms with van der Waals surface area (Å²) in [4.78, 5) is 0. The number of aliphatic hydroxyl groups excluding tert-OH is 2. The highest BCUT2D eigenvalue weighted by atomic mass is 19.4. The number of aliphatic hydroxyl groups is 2. The summed E-state index contributed by atoms with van der Waals surface area (Å²) in [6.07, 6.45) is -10.6. The monoisotopic (exact) mass is 389 g/mol. The Bertz CT molecular complexity index is 570. The van der Waals surface area contributed by atoms with Crippen molar-refractivity contribution in [3.8, 4) is 5.75 Å². The van der Waals surface area contributed by atoms with E-state index in [-0.39, 0.29) is 18.4 Å². The van der Waals surface area contributed by atoms with Gasteiger partial charge in [0.2, 0.25) is 0 Å². The van der Waals surface area contributed by atoms with Crippen LogP contribution in [0.1, 0.15) is 30.4 Å². The molecule has 1 aromatic rings. The fraction of sp³-hybridized carbons (Fsp3) is 0.625. The summed E-state index contributed by atoms with van der Waals surface area (Å²) >= 11 is 0. The number of ether oxygens (including phenoxy) is 1. The molecule has 0 radical (unpaired) electrons. The summed E-state index contributed by atoms with van der Waals surface area (Å²) in [6, 6.07) is 3.21. The maximum Gasteiger partial charge on any atom is 0.419 e. The minimum absolute atomic E-state index is 0.0447. The van der Waals surface area contributed by atoms with Crippen LogP contribution in [0.5, 0.6) is 5.75 Å². The smallest absolute Gasteiger partial charge is 0.419 e. The molecule has 0 aliphatic carbocycles. The fourth-order valence-electron chi connectivity index (χ4n) is 2.14. The van der Waals surface area contributed by atoms with Crippen LogP contribution in [-0.4, -0.2) is 41.7 Å². The van der Waals surface area contributed by atoms with Gasteiger partial charge in [-0.2, -0.15) is 26.3 Å². The molecule has 1 rings (SSSR count). The Labute approximate surface area is 146 Å². The Morgan fingerprint density at radius 3 is 2.08 bits per heavy atom. The zero-order valence-electron chi connectivity index (χ0n) is 13.8. The molecule has 0 bridgehead atoms. The number of nitrogens with two attached hydrogens (primary N) is 1. The molecule has 0 amide bonds. The second-order valence-electron chi connectivity index (χ2n) is 6.07. The molecule has 1 aromatic carbocycles. The lowest BCUT2D eigenvalue weighted by Gasteiger charge is -2.24. The molecule has 0 aliphatic heterocycles. The van der Waals surface area contributed by atoms with Crippen molar-refractivity contribution >= 4 is 0 Å². The molecular formula is C16H21F6NO3. The van der Waals surface area contributed by atoms with E-state index < -0.39 is 61.9 Å². The van der Waals surface area contributed by atoms with Gasteiger partial charge >= 0.3 is 12.4 Å². The maximum absolute atomic E-state index is 13.2. The molecule has 150 valence electrons. The zero-order valence-corrected chi connectivity index (χ0v) is 13.8. The normalized spacial score (nSPS) is 13.1. The predicted molar refractivity (Wildman–Crippen MR) is 81.6 cm³/mol. The molecule has 4 N–H and O–H groups in total. The van der Waals surface area contributed by atoms with Crippen LogP contribution in [-0.2, 0) is 12.6 Å². The van der Waals surface area contributed by atoms with E-state index in [1.54, 1.807) is 0 Å². The van der Waals surface area contributed by atoms with Gasteiger partial charge in [0, 0.05) is 6.42 Å². The summed E-state index contributed by atoms with van der Waals surface area (Å²) < 4.78 is 80.6. The van der Waals surface area contributed by atoms with Gasteiger partial charge in [-0.25, -0.2) is 0 Å². The number of halogens is 6. The molecule has 0 unspecified atom stereocenters. The Hall–Kier alpha value is -1.52. The first kappa shape index (κ1) is 22.5. The van der Waals surface area contributed by atoms with Crippen LogP contribution in [0.4, 0.5) is 26.3 Å². The summed E-state index contributed by atoms with van der Waals surface area (Å²) in [6.45, 7) is -1.56. The topological polar surface area (TPSA) is 75.7 Å². The molecule has 0 saturated heterocycles. The van der Waals surface area contributed by atoms with Crippen molar-refractivity contribution in [2.75, 3.05) is 19.8 Å². The van der Waals surface area contributed by atoms with Gasteiger partial charge in [-0.15, -0.1) is 0 Å². The highest BCUT2D eigenvalue weighted by molar-refractivity contribution is 5.39. The van der Waals surface area contributed by atoms with Crippen LogP contribution in [0.2, 0.25) is 0 Å². The number of rotatable bonds is 9. The average Bonchev–Trinajstić information content (AvgIpc) is 2.55. The highest BCUT2D eigenvalue weighted by Crippen LogP contribution is 2.37. The first-order valence-electron chi connectivity index (χ1n) is 7.80. The van der Waals surface area contributed by atoms with Gasteiger partial charge in [-0.1, -0.05) is 6.07 Å². The Morgan fingerprint density at radius 2 is 1.58 bits per heavy atom. The SMILES string of the molecule is NC(CO)(CO)CCc1ccc(OCCCC(F)(F)F)c(C(F)(F)F)c1. The van der Waals surface area contributed by atoms with Gasteiger partial charge in [0.1, 0.15) is 5.75 Å². The van der Waals surface area contributed by atoms with E-state index in [1.807, 2.05) is 0 Å². The maximum atomic E-state index is 13.2. The van der Waals surface area contributed by atoms with Crippen molar-refractivity contribution in [3.63, 3.8) is 0 Å². The van der Waals surface area contributed by atoms with Gasteiger partial charge < -0.3 is 20.7 Å². The number of hydrogen-bond acceptors (Lipinski definition) is 4. The molecule has 0 saturated carbocycles. The summed E-state index contributed by atoms with van der Waals surface area (Å²) in [5.74, 6) is -0.549. The second kappa shape index (κ2) is 8.92. The molecule has 0 fully saturated rings. The van der Waals surface area contributed by atoms with E-state index in [0.717, 1.165) is 12.1 Å². The van der Waals surface area contributed by atoms with Crippen molar-refractivity contribution in [2.24, 2.45) is 5.73 Å². The van der Waals surface area contributed by atoms with Gasteiger partial charge in [0.25, 0.3) is 0 Å². The largest absolute Gasteiger partial charge is 0.493 e. The van der Waals surface area contributed by atoms with E-state index >= 15 is 0 Å². The molecule has 0 atom stereocenters. The van der Waals surface area contributed by atoms with E-state index in [4.69, 9.17) is 20.7 Å². The number of benzene rings is 1. The number of aryl methyl sites for hydroxylation is 1. The third kappa shape index (κ3) is 7.38. The first-order valence-corrected chi connectivity index (χ1v) is 7.80. The van der Waals surface area contributed by atoms with Crippen molar-refractivity contribution in [2.45, 2.75) is 43.6 Å². The Morgan fingerprint density at radius 1 is 0.962 bits per heavy atom. The molecule has 0 aliphatic rings. The van der Waals surface area contributed by atoms with Crippen molar-refractivity contribution < 1.29 is 41.3 Å². The lowest BCUT2D eigenvalue weighted by molar-refractivity contribution is -0.141. The quantitative estimate of drug-likeness (QED) is 0.448. The highest BCUT2D eigenvalue weighted by Gasteiger charge is 2.35. The average molecular weight is 389 g/mol. The molecule has 4 nitrogen and oxygen atoms in total. The van der Waals surface area contributed by atoms with Crippen LogP contribution < -0.4 is 10.5 Å². The van der Waals surface area contributed by atoms with Crippen LogP contribution in [0.3, 0.4) is 0 Å². The van der Waals surface area contributed by atoms with Gasteiger partial charge in [-0.3, -0.25) is 0 Å². The molecule has 0 spiro atoms. The van der Waals surface area contributed by atoms with Crippen molar-refractivity contribution in [3.05, 3.63) is 29.3 Å². The van der Waals surface area contributed by atoms with E-state index in [9.17, 15) is 26.3 Å². The van der Waals surface area contributed by atoms with Gasteiger partial charge in [0.05, 0.1) is 30.9 Å². The molecule has 0 aromatic heterocycles. The van der Waals surface area contributed by atoms with Crippen LogP contribution in [0.15, 0.2) is 18.2 Å². The van der Waals surface area contributed by atoms with Crippen molar-refractivity contribution in [1.82, 2.24) is 0 Å². The Kier molecular flexibility index (Phi) is 7.72. The Balaban J connectivity index is 2.84. The number of alkyl halides is 6.